The maximum Gasteiger partial charge on any atom is 0.229 e. The lowest BCUT2D eigenvalue weighted by molar-refractivity contribution is 0.414. The minimum atomic E-state index is -0.115. The first kappa shape index (κ1) is 13.5. The Balaban J connectivity index is 1.82. The second kappa shape index (κ2) is 5.24. The van der Waals surface area contributed by atoms with Crippen molar-refractivity contribution in [3.63, 3.8) is 0 Å². The third-order valence-electron chi connectivity index (χ3n) is 3.76. The van der Waals surface area contributed by atoms with E-state index in [1.807, 2.05) is 24.3 Å². The van der Waals surface area contributed by atoms with Crippen LogP contribution < -0.4 is 10.2 Å². The Morgan fingerprint density at radius 3 is 2.74 bits per heavy atom. The SMILES string of the molecule is COc1ccc(Cn2ncc3c(=O)c4cnccc4oc32)cc1. The molecule has 0 aliphatic heterocycles. The predicted molar refractivity (Wildman–Crippen MR) is 85.7 cm³/mol. The van der Waals surface area contributed by atoms with Gasteiger partial charge in [0.2, 0.25) is 11.1 Å². The summed E-state index contributed by atoms with van der Waals surface area (Å²) in [5, 5.41) is 5.21. The van der Waals surface area contributed by atoms with E-state index in [-0.39, 0.29) is 5.43 Å². The quantitative estimate of drug-likeness (QED) is 0.582. The van der Waals surface area contributed by atoms with Crippen LogP contribution in [0.1, 0.15) is 5.56 Å². The summed E-state index contributed by atoms with van der Waals surface area (Å²) in [5.41, 5.74) is 1.89. The number of hydrogen-bond acceptors (Lipinski definition) is 5. The molecular weight excluding hydrogens is 294 g/mol. The van der Waals surface area contributed by atoms with Gasteiger partial charge in [-0.2, -0.15) is 5.10 Å². The van der Waals surface area contributed by atoms with Crippen LogP contribution in [-0.4, -0.2) is 21.9 Å². The van der Waals surface area contributed by atoms with Gasteiger partial charge in [0.1, 0.15) is 16.7 Å². The number of pyridine rings is 1. The van der Waals surface area contributed by atoms with E-state index in [1.165, 1.54) is 12.4 Å². The molecule has 0 saturated heterocycles. The van der Waals surface area contributed by atoms with Crippen LogP contribution in [0.15, 0.2) is 58.1 Å². The first-order valence-corrected chi connectivity index (χ1v) is 7.11. The van der Waals surface area contributed by atoms with Gasteiger partial charge in [0.05, 0.1) is 25.2 Å². The number of benzene rings is 1. The maximum atomic E-state index is 12.5. The molecule has 0 aliphatic carbocycles. The molecule has 0 N–H and O–H groups in total. The minimum absolute atomic E-state index is 0.115. The van der Waals surface area contributed by atoms with E-state index in [0.717, 1.165) is 11.3 Å². The number of nitrogens with zero attached hydrogens (tertiary/aromatic N) is 3. The van der Waals surface area contributed by atoms with Gasteiger partial charge in [-0.3, -0.25) is 9.78 Å². The van der Waals surface area contributed by atoms with Crippen LogP contribution in [0.25, 0.3) is 22.1 Å². The summed E-state index contributed by atoms with van der Waals surface area (Å²) in [6, 6.07) is 9.36. The van der Waals surface area contributed by atoms with Gasteiger partial charge >= 0.3 is 0 Å². The van der Waals surface area contributed by atoms with Crippen molar-refractivity contribution in [1.82, 2.24) is 14.8 Å². The Kier molecular flexibility index (Phi) is 3.08. The normalized spacial score (nSPS) is 11.2. The zero-order chi connectivity index (χ0) is 15.8. The van der Waals surface area contributed by atoms with Crippen molar-refractivity contribution < 1.29 is 9.15 Å². The Labute approximate surface area is 130 Å². The highest BCUT2D eigenvalue weighted by Crippen LogP contribution is 2.19. The molecule has 4 aromatic rings. The summed E-state index contributed by atoms with van der Waals surface area (Å²) >= 11 is 0. The van der Waals surface area contributed by atoms with Crippen LogP contribution in [-0.2, 0) is 6.54 Å². The molecule has 0 unspecified atom stereocenters. The van der Waals surface area contributed by atoms with E-state index in [1.54, 1.807) is 24.1 Å². The molecule has 6 nitrogen and oxygen atoms in total. The maximum absolute atomic E-state index is 12.5. The molecular formula is C17H13N3O3. The number of methoxy groups -OCH3 is 1. The summed E-state index contributed by atoms with van der Waals surface area (Å²) in [4.78, 5) is 16.4. The van der Waals surface area contributed by atoms with E-state index in [2.05, 4.69) is 10.1 Å². The highest BCUT2D eigenvalue weighted by Gasteiger charge is 2.13. The fourth-order valence-electron chi connectivity index (χ4n) is 2.54. The van der Waals surface area contributed by atoms with Crippen LogP contribution in [0, 0.1) is 0 Å². The molecule has 0 fully saturated rings. The molecule has 23 heavy (non-hydrogen) atoms. The number of ether oxygens (including phenoxy) is 1. The van der Waals surface area contributed by atoms with Crippen molar-refractivity contribution in [3.05, 3.63) is 64.7 Å². The van der Waals surface area contributed by atoms with Crippen LogP contribution in [0.5, 0.6) is 5.75 Å². The Morgan fingerprint density at radius 1 is 1.13 bits per heavy atom. The zero-order valence-corrected chi connectivity index (χ0v) is 12.4. The second-order valence-corrected chi connectivity index (χ2v) is 5.17. The largest absolute Gasteiger partial charge is 0.497 e. The molecule has 114 valence electrons. The van der Waals surface area contributed by atoms with Crippen molar-refractivity contribution in [2.45, 2.75) is 6.54 Å². The lowest BCUT2D eigenvalue weighted by Crippen LogP contribution is -2.05. The van der Waals surface area contributed by atoms with Crippen LogP contribution >= 0.6 is 0 Å². The standard InChI is InChI=1S/C17H13N3O3/c1-22-12-4-2-11(3-5-12)10-20-17-14(9-19-20)16(21)13-8-18-7-6-15(13)23-17/h2-9H,10H2,1H3. The molecule has 3 aromatic heterocycles. The molecule has 1 aromatic carbocycles. The smallest absolute Gasteiger partial charge is 0.229 e. The molecule has 3 heterocycles. The summed E-state index contributed by atoms with van der Waals surface area (Å²) in [5.74, 6) is 0.795. The van der Waals surface area contributed by atoms with Crippen LogP contribution in [0.4, 0.5) is 0 Å². The average Bonchev–Trinajstić information content (AvgIpc) is 2.99. The summed E-state index contributed by atoms with van der Waals surface area (Å²) in [6.45, 7) is 0.507. The molecule has 4 rings (SSSR count). The fraction of sp³-hybridized carbons (Fsp3) is 0.118. The summed E-state index contributed by atoms with van der Waals surface area (Å²) < 4.78 is 12.7. The molecule has 0 saturated carbocycles. The van der Waals surface area contributed by atoms with Crippen molar-refractivity contribution in [3.8, 4) is 5.75 Å². The highest BCUT2D eigenvalue weighted by molar-refractivity contribution is 5.87. The summed E-state index contributed by atoms with van der Waals surface area (Å²) in [6.07, 6.45) is 4.65. The monoisotopic (exact) mass is 307 g/mol. The fourth-order valence-corrected chi connectivity index (χ4v) is 2.54. The number of fused-ring (bicyclic) bond motifs is 2. The van der Waals surface area contributed by atoms with Crippen molar-refractivity contribution >= 4 is 22.1 Å². The summed E-state index contributed by atoms with van der Waals surface area (Å²) in [7, 11) is 1.63. The predicted octanol–water partition coefficient (Wildman–Crippen LogP) is 2.59. The van der Waals surface area contributed by atoms with E-state index < -0.39 is 0 Å². The molecule has 6 heteroatoms. The van der Waals surface area contributed by atoms with Gasteiger partial charge in [0.25, 0.3) is 0 Å². The Bertz CT molecular complexity index is 1050. The first-order chi connectivity index (χ1) is 11.3. The van der Waals surface area contributed by atoms with Crippen molar-refractivity contribution in [2.24, 2.45) is 0 Å². The lowest BCUT2D eigenvalue weighted by Gasteiger charge is -2.05. The molecule has 0 atom stereocenters. The van der Waals surface area contributed by atoms with Gasteiger partial charge in [0, 0.05) is 12.4 Å². The van der Waals surface area contributed by atoms with E-state index >= 15 is 0 Å². The van der Waals surface area contributed by atoms with Gasteiger partial charge in [-0.25, -0.2) is 4.68 Å². The van der Waals surface area contributed by atoms with Gasteiger partial charge in [0.15, 0.2) is 0 Å². The van der Waals surface area contributed by atoms with E-state index in [4.69, 9.17) is 9.15 Å². The lowest BCUT2D eigenvalue weighted by atomic mass is 10.2. The van der Waals surface area contributed by atoms with E-state index in [9.17, 15) is 4.79 Å². The van der Waals surface area contributed by atoms with Crippen LogP contribution in [0.3, 0.4) is 0 Å². The van der Waals surface area contributed by atoms with E-state index in [0.29, 0.717) is 28.6 Å². The Hall–Kier alpha value is -3.15. The van der Waals surface area contributed by atoms with Gasteiger partial charge in [-0.1, -0.05) is 12.1 Å². The molecule has 0 amide bonds. The average molecular weight is 307 g/mol. The molecule has 0 bridgehead atoms. The van der Waals surface area contributed by atoms with Gasteiger partial charge < -0.3 is 9.15 Å². The van der Waals surface area contributed by atoms with Gasteiger partial charge in [-0.15, -0.1) is 0 Å². The third kappa shape index (κ3) is 2.24. The zero-order valence-electron chi connectivity index (χ0n) is 12.4. The number of aromatic nitrogens is 3. The van der Waals surface area contributed by atoms with Crippen LogP contribution in [0.2, 0.25) is 0 Å². The molecule has 0 aliphatic rings. The van der Waals surface area contributed by atoms with Crippen molar-refractivity contribution in [2.75, 3.05) is 7.11 Å². The topological polar surface area (TPSA) is 70.2 Å². The van der Waals surface area contributed by atoms with Crippen molar-refractivity contribution in [1.29, 1.82) is 0 Å². The highest BCUT2D eigenvalue weighted by atomic mass is 16.5. The third-order valence-corrected chi connectivity index (χ3v) is 3.76. The Morgan fingerprint density at radius 2 is 1.96 bits per heavy atom. The first-order valence-electron chi connectivity index (χ1n) is 7.11. The number of hydrogen-bond donors (Lipinski definition) is 0. The molecule has 0 spiro atoms. The van der Waals surface area contributed by atoms with Gasteiger partial charge in [-0.05, 0) is 23.8 Å². The second-order valence-electron chi connectivity index (χ2n) is 5.17. The molecule has 0 radical (unpaired) electrons. The minimum Gasteiger partial charge on any atom is -0.497 e. The number of rotatable bonds is 3.